The van der Waals surface area contributed by atoms with Crippen molar-refractivity contribution in [2.24, 2.45) is 5.92 Å². The number of rotatable bonds is 14. The maximum Gasteiger partial charge on any atom is 0.407 e. The molecule has 0 fully saturated rings. The van der Waals surface area contributed by atoms with Gasteiger partial charge in [0.15, 0.2) is 0 Å². The van der Waals surface area contributed by atoms with Crippen molar-refractivity contribution in [1.29, 1.82) is 0 Å². The molecule has 0 aromatic carbocycles. The number of nitrogens with one attached hydrogen (secondary N) is 2. The lowest BCUT2D eigenvalue weighted by Crippen LogP contribution is -2.35. The zero-order valence-electron chi connectivity index (χ0n) is 16.5. The first-order valence-electron chi connectivity index (χ1n) is 9.27. The van der Waals surface area contributed by atoms with E-state index in [1.807, 2.05) is 6.92 Å². The summed E-state index contributed by atoms with van der Waals surface area (Å²) in [6.07, 6.45) is 1.00. The van der Waals surface area contributed by atoms with Crippen LogP contribution in [-0.2, 0) is 19.0 Å². The van der Waals surface area contributed by atoms with Crippen LogP contribution in [0.15, 0.2) is 0 Å². The van der Waals surface area contributed by atoms with Crippen molar-refractivity contribution in [3.05, 3.63) is 0 Å². The summed E-state index contributed by atoms with van der Waals surface area (Å²) >= 11 is 0. The van der Waals surface area contributed by atoms with Crippen LogP contribution in [0.3, 0.4) is 0 Å². The molecule has 0 aliphatic rings. The minimum absolute atomic E-state index is 0.0328. The summed E-state index contributed by atoms with van der Waals surface area (Å²) in [4.78, 5) is 34.1. The maximum atomic E-state index is 11.7. The van der Waals surface area contributed by atoms with Gasteiger partial charge >= 0.3 is 12.2 Å². The van der Waals surface area contributed by atoms with Gasteiger partial charge in [-0.1, -0.05) is 20.8 Å². The van der Waals surface area contributed by atoms with Crippen LogP contribution in [-0.4, -0.2) is 57.0 Å². The molecule has 0 aromatic rings. The van der Waals surface area contributed by atoms with E-state index in [0.29, 0.717) is 38.5 Å². The predicted molar refractivity (Wildman–Crippen MR) is 98.1 cm³/mol. The number of ether oxygens (including phenoxy) is 3. The van der Waals surface area contributed by atoms with Gasteiger partial charge in [-0.3, -0.25) is 0 Å². The zero-order chi connectivity index (χ0) is 19.8. The average molecular weight is 374 g/mol. The van der Waals surface area contributed by atoms with E-state index in [4.69, 9.17) is 14.2 Å². The minimum Gasteiger partial charge on any atom is -0.447 e. The second kappa shape index (κ2) is 15.4. The highest BCUT2D eigenvalue weighted by Gasteiger charge is 2.15. The fraction of sp³-hybridized carbons (Fsp3) is 0.833. The highest BCUT2D eigenvalue weighted by molar-refractivity contribution is 5.75. The second-order valence-electron chi connectivity index (χ2n) is 6.53. The topological polar surface area (TPSA) is 103 Å². The summed E-state index contributed by atoms with van der Waals surface area (Å²) in [6.45, 7) is 8.91. The molecule has 0 radical (unpaired) electrons. The largest absolute Gasteiger partial charge is 0.447 e. The lowest BCUT2D eigenvalue weighted by molar-refractivity contribution is -0.117. The van der Waals surface area contributed by atoms with E-state index in [1.54, 1.807) is 0 Å². The number of alkyl carbamates (subject to hydrolysis) is 2. The Bertz CT molecular complexity index is 414. The van der Waals surface area contributed by atoms with E-state index < -0.39 is 18.3 Å². The molecule has 1 atom stereocenters. The van der Waals surface area contributed by atoms with Gasteiger partial charge in [0.05, 0.1) is 0 Å². The van der Waals surface area contributed by atoms with E-state index in [9.17, 15) is 14.4 Å². The van der Waals surface area contributed by atoms with Crippen LogP contribution in [0.4, 0.5) is 9.59 Å². The van der Waals surface area contributed by atoms with Gasteiger partial charge in [-0.2, -0.15) is 0 Å². The third-order valence-corrected chi connectivity index (χ3v) is 3.34. The summed E-state index contributed by atoms with van der Waals surface area (Å²) in [5.41, 5.74) is 0. The first kappa shape index (κ1) is 24.2. The smallest absolute Gasteiger partial charge is 0.407 e. The monoisotopic (exact) mass is 374 g/mol. The van der Waals surface area contributed by atoms with Gasteiger partial charge in [-0.25, -0.2) is 9.59 Å². The lowest BCUT2D eigenvalue weighted by Gasteiger charge is -2.18. The van der Waals surface area contributed by atoms with Crippen LogP contribution in [0.25, 0.3) is 0 Å². The Balaban J connectivity index is 4.22. The van der Waals surface area contributed by atoms with E-state index in [-0.39, 0.29) is 19.0 Å². The number of hydrogen-bond acceptors (Lipinski definition) is 6. The minimum atomic E-state index is -0.579. The third-order valence-electron chi connectivity index (χ3n) is 3.34. The quantitative estimate of drug-likeness (QED) is 0.453. The molecule has 0 bridgehead atoms. The first-order valence-corrected chi connectivity index (χ1v) is 9.27. The van der Waals surface area contributed by atoms with Crippen LogP contribution in [0, 0.1) is 5.92 Å². The SMILES string of the molecule is CCCNC(=O)OCC(COC(=O)NCCC(C)C)OCCCC(C)=O. The highest BCUT2D eigenvalue weighted by atomic mass is 16.6. The molecule has 0 aromatic heterocycles. The Kier molecular flexibility index (Phi) is 14.3. The Hall–Kier alpha value is -1.83. The van der Waals surface area contributed by atoms with Crippen molar-refractivity contribution < 1.29 is 28.6 Å². The molecular weight excluding hydrogens is 340 g/mol. The van der Waals surface area contributed by atoms with Gasteiger partial charge in [0.1, 0.15) is 25.1 Å². The normalized spacial score (nSPS) is 11.7. The average Bonchev–Trinajstić information content (AvgIpc) is 2.57. The molecule has 0 aliphatic carbocycles. The molecule has 0 heterocycles. The van der Waals surface area contributed by atoms with Crippen LogP contribution in [0.1, 0.15) is 53.4 Å². The molecule has 1 unspecified atom stereocenters. The van der Waals surface area contributed by atoms with E-state index in [2.05, 4.69) is 24.5 Å². The van der Waals surface area contributed by atoms with Gasteiger partial charge in [0, 0.05) is 26.1 Å². The molecule has 2 amide bonds. The molecule has 152 valence electrons. The highest BCUT2D eigenvalue weighted by Crippen LogP contribution is 2.01. The summed E-state index contributed by atoms with van der Waals surface area (Å²) in [7, 11) is 0. The van der Waals surface area contributed by atoms with Gasteiger partial charge in [-0.15, -0.1) is 0 Å². The molecule has 0 saturated heterocycles. The van der Waals surface area contributed by atoms with Crippen molar-refractivity contribution in [3.8, 4) is 0 Å². The number of amides is 2. The molecule has 8 nitrogen and oxygen atoms in total. The Morgan fingerprint density at radius 3 is 2.04 bits per heavy atom. The number of ketones is 1. The summed E-state index contributed by atoms with van der Waals surface area (Å²) in [5, 5.41) is 5.25. The van der Waals surface area contributed by atoms with Gasteiger partial charge in [-0.05, 0) is 32.1 Å². The second-order valence-corrected chi connectivity index (χ2v) is 6.53. The van der Waals surface area contributed by atoms with Crippen molar-refractivity contribution >= 4 is 18.0 Å². The summed E-state index contributed by atoms with van der Waals surface area (Å²) in [6, 6.07) is 0. The van der Waals surface area contributed by atoms with E-state index >= 15 is 0 Å². The van der Waals surface area contributed by atoms with E-state index in [1.165, 1.54) is 6.92 Å². The molecule has 0 saturated carbocycles. The third kappa shape index (κ3) is 15.7. The molecule has 0 aliphatic heterocycles. The Morgan fingerprint density at radius 2 is 1.54 bits per heavy atom. The standard InChI is InChI=1S/C18H34N2O6/c1-5-9-19-17(22)25-12-16(24-11-6-7-15(4)21)13-26-18(23)20-10-8-14(2)3/h14,16H,5-13H2,1-4H3,(H,19,22)(H,20,23). The van der Waals surface area contributed by atoms with Gasteiger partial charge in [0.2, 0.25) is 0 Å². The molecular formula is C18H34N2O6. The number of hydrogen-bond donors (Lipinski definition) is 2. The number of carbonyl (C=O) groups excluding carboxylic acids is 3. The van der Waals surface area contributed by atoms with Gasteiger partial charge in [0.25, 0.3) is 0 Å². The molecule has 0 rings (SSSR count). The predicted octanol–water partition coefficient (Wildman–Crippen LogP) is 2.65. The number of carbonyl (C=O) groups is 3. The molecule has 2 N–H and O–H groups in total. The first-order chi connectivity index (χ1) is 12.3. The van der Waals surface area contributed by atoms with Gasteiger partial charge < -0.3 is 29.6 Å². The fourth-order valence-corrected chi connectivity index (χ4v) is 1.84. The fourth-order valence-electron chi connectivity index (χ4n) is 1.84. The zero-order valence-corrected chi connectivity index (χ0v) is 16.5. The summed E-state index contributed by atoms with van der Waals surface area (Å²) < 4.78 is 15.8. The molecule has 8 heteroatoms. The van der Waals surface area contributed by atoms with Crippen LogP contribution >= 0.6 is 0 Å². The molecule has 26 heavy (non-hydrogen) atoms. The van der Waals surface area contributed by atoms with Crippen molar-refractivity contribution in [2.75, 3.05) is 32.9 Å². The Labute approximate surface area is 156 Å². The lowest BCUT2D eigenvalue weighted by atomic mass is 10.1. The molecule has 0 spiro atoms. The van der Waals surface area contributed by atoms with Crippen LogP contribution < -0.4 is 10.6 Å². The van der Waals surface area contributed by atoms with Crippen molar-refractivity contribution in [3.63, 3.8) is 0 Å². The maximum absolute atomic E-state index is 11.7. The van der Waals surface area contributed by atoms with Crippen LogP contribution in [0.2, 0.25) is 0 Å². The van der Waals surface area contributed by atoms with Crippen molar-refractivity contribution in [1.82, 2.24) is 10.6 Å². The summed E-state index contributed by atoms with van der Waals surface area (Å²) in [5.74, 6) is 0.573. The Morgan fingerprint density at radius 1 is 0.962 bits per heavy atom. The van der Waals surface area contributed by atoms with Crippen LogP contribution in [0.5, 0.6) is 0 Å². The van der Waals surface area contributed by atoms with E-state index in [0.717, 1.165) is 12.8 Å². The van der Waals surface area contributed by atoms with Crippen molar-refractivity contribution in [2.45, 2.75) is 59.5 Å². The number of Topliss-reactive ketones (excluding diaryl/α,β-unsaturated/α-hetero) is 1.